The number of hydrogen-bond donors (Lipinski definition) is 0. The molecule has 1 heterocycles. The van der Waals surface area contributed by atoms with Crippen LogP contribution < -0.4 is 0 Å². The van der Waals surface area contributed by atoms with E-state index in [1.165, 1.54) is 38.9 Å². The largest absolute Gasteiger partial charge is 0.267 e. The highest BCUT2D eigenvalue weighted by atomic mass is 15.3. The van der Waals surface area contributed by atoms with E-state index in [1.54, 1.807) is 0 Å². The number of aromatic nitrogens is 2. The average molecular weight is 352 g/mol. The first kappa shape index (κ1) is 17.3. The van der Waals surface area contributed by atoms with Crippen LogP contribution in [0.1, 0.15) is 16.7 Å². The van der Waals surface area contributed by atoms with E-state index in [4.69, 9.17) is 5.10 Å². The fraction of sp³-hybridized carbons (Fsp3) is 0.160. The van der Waals surface area contributed by atoms with Gasteiger partial charge in [0, 0.05) is 18.2 Å². The average Bonchev–Trinajstić information content (AvgIpc) is 3.03. The summed E-state index contributed by atoms with van der Waals surface area (Å²) in [5.74, 6) is 0. The topological polar surface area (TPSA) is 17.8 Å². The van der Waals surface area contributed by atoms with Crippen LogP contribution in [0.2, 0.25) is 0 Å². The molecule has 0 N–H and O–H groups in total. The third kappa shape index (κ3) is 3.19. The number of aryl methyl sites for hydroxylation is 4. The highest BCUT2D eigenvalue weighted by Crippen LogP contribution is 2.34. The van der Waals surface area contributed by atoms with E-state index in [1.807, 2.05) is 11.7 Å². The van der Waals surface area contributed by atoms with Gasteiger partial charge in [-0.05, 0) is 54.7 Å². The SMILES string of the molecule is Cc1ccccc1-c1cc(-c2c(C)cc(-c3ccccc3)cc2C)n(C)n1. The molecule has 0 saturated carbocycles. The Kier molecular flexibility index (Phi) is 4.41. The van der Waals surface area contributed by atoms with E-state index in [0.717, 1.165) is 11.4 Å². The van der Waals surface area contributed by atoms with Crippen LogP contribution in [-0.2, 0) is 7.05 Å². The summed E-state index contributed by atoms with van der Waals surface area (Å²) in [6.45, 7) is 6.51. The van der Waals surface area contributed by atoms with Crippen molar-refractivity contribution in [3.05, 3.63) is 89.5 Å². The number of benzene rings is 3. The summed E-state index contributed by atoms with van der Waals surface area (Å²) in [6.07, 6.45) is 0. The Morgan fingerprint density at radius 1 is 0.667 bits per heavy atom. The van der Waals surface area contributed by atoms with Crippen molar-refractivity contribution in [3.63, 3.8) is 0 Å². The molecule has 2 heteroatoms. The molecule has 2 nitrogen and oxygen atoms in total. The first-order valence-electron chi connectivity index (χ1n) is 9.31. The molecule has 1 aromatic heterocycles. The summed E-state index contributed by atoms with van der Waals surface area (Å²) in [5, 5.41) is 4.80. The van der Waals surface area contributed by atoms with Gasteiger partial charge in [0.1, 0.15) is 0 Å². The van der Waals surface area contributed by atoms with Gasteiger partial charge < -0.3 is 0 Å². The van der Waals surface area contributed by atoms with Gasteiger partial charge in [-0.15, -0.1) is 0 Å². The number of hydrogen-bond acceptors (Lipinski definition) is 1. The second-order valence-electron chi connectivity index (χ2n) is 7.20. The van der Waals surface area contributed by atoms with Gasteiger partial charge in [0.05, 0.1) is 11.4 Å². The van der Waals surface area contributed by atoms with Gasteiger partial charge in [-0.2, -0.15) is 5.10 Å². The van der Waals surface area contributed by atoms with E-state index in [2.05, 4.69) is 93.6 Å². The molecule has 0 atom stereocenters. The van der Waals surface area contributed by atoms with Crippen molar-refractivity contribution in [2.24, 2.45) is 7.05 Å². The lowest BCUT2D eigenvalue weighted by molar-refractivity contribution is 0.778. The second kappa shape index (κ2) is 6.88. The third-order valence-corrected chi connectivity index (χ3v) is 5.20. The summed E-state index contributed by atoms with van der Waals surface area (Å²) in [6, 6.07) is 25.7. The molecule has 134 valence electrons. The summed E-state index contributed by atoms with van der Waals surface area (Å²) in [4.78, 5) is 0. The molecule has 0 radical (unpaired) electrons. The summed E-state index contributed by atoms with van der Waals surface area (Å²) in [5.41, 5.74) is 10.9. The zero-order chi connectivity index (χ0) is 19.0. The van der Waals surface area contributed by atoms with E-state index in [-0.39, 0.29) is 0 Å². The van der Waals surface area contributed by atoms with Gasteiger partial charge in [-0.25, -0.2) is 0 Å². The van der Waals surface area contributed by atoms with Crippen LogP contribution in [0, 0.1) is 20.8 Å². The van der Waals surface area contributed by atoms with E-state index in [0.29, 0.717) is 0 Å². The molecule has 0 unspecified atom stereocenters. The van der Waals surface area contributed by atoms with Crippen molar-refractivity contribution in [3.8, 4) is 33.6 Å². The van der Waals surface area contributed by atoms with Crippen LogP contribution in [0.4, 0.5) is 0 Å². The molecule has 4 aromatic rings. The fourth-order valence-electron chi connectivity index (χ4n) is 3.86. The van der Waals surface area contributed by atoms with Gasteiger partial charge in [0.15, 0.2) is 0 Å². The van der Waals surface area contributed by atoms with Crippen molar-refractivity contribution < 1.29 is 0 Å². The second-order valence-corrected chi connectivity index (χ2v) is 7.20. The van der Waals surface area contributed by atoms with E-state index < -0.39 is 0 Å². The molecule has 0 aliphatic carbocycles. The van der Waals surface area contributed by atoms with Crippen LogP contribution >= 0.6 is 0 Å². The minimum absolute atomic E-state index is 1.02. The van der Waals surface area contributed by atoms with Crippen LogP contribution in [0.3, 0.4) is 0 Å². The monoisotopic (exact) mass is 352 g/mol. The summed E-state index contributed by atoms with van der Waals surface area (Å²) < 4.78 is 2.00. The van der Waals surface area contributed by atoms with Crippen molar-refractivity contribution in [1.29, 1.82) is 0 Å². The molecular weight excluding hydrogens is 328 g/mol. The van der Waals surface area contributed by atoms with Gasteiger partial charge in [-0.1, -0.05) is 66.7 Å². The standard InChI is InChI=1S/C25H24N2/c1-17-10-8-9-13-22(17)23-16-24(27(4)26-23)25-18(2)14-21(15-19(25)3)20-11-6-5-7-12-20/h5-16H,1-4H3. The molecule has 0 saturated heterocycles. The summed E-state index contributed by atoms with van der Waals surface area (Å²) in [7, 11) is 2.03. The van der Waals surface area contributed by atoms with Crippen LogP contribution in [-0.4, -0.2) is 9.78 Å². The van der Waals surface area contributed by atoms with Crippen molar-refractivity contribution >= 4 is 0 Å². The zero-order valence-electron chi connectivity index (χ0n) is 16.3. The molecule has 0 fully saturated rings. The maximum absolute atomic E-state index is 4.80. The first-order valence-corrected chi connectivity index (χ1v) is 9.31. The number of rotatable bonds is 3. The Morgan fingerprint density at radius 2 is 1.30 bits per heavy atom. The Bertz CT molecular complexity index is 1080. The Balaban J connectivity index is 1.82. The molecule has 0 spiro atoms. The summed E-state index contributed by atoms with van der Waals surface area (Å²) >= 11 is 0. The lowest BCUT2D eigenvalue weighted by Gasteiger charge is -2.13. The number of nitrogens with zero attached hydrogens (tertiary/aromatic N) is 2. The molecule has 3 aromatic carbocycles. The van der Waals surface area contributed by atoms with Crippen LogP contribution in [0.25, 0.3) is 33.6 Å². The zero-order valence-corrected chi connectivity index (χ0v) is 16.3. The molecule has 27 heavy (non-hydrogen) atoms. The van der Waals surface area contributed by atoms with E-state index in [9.17, 15) is 0 Å². The van der Waals surface area contributed by atoms with Crippen molar-refractivity contribution in [2.45, 2.75) is 20.8 Å². The van der Waals surface area contributed by atoms with Gasteiger partial charge in [0.25, 0.3) is 0 Å². The highest BCUT2D eigenvalue weighted by molar-refractivity contribution is 5.78. The first-order chi connectivity index (χ1) is 13.0. The predicted molar refractivity (Wildman–Crippen MR) is 114 cm³/mol. The van der Waals surface area contributed by atoms with Gasteiger partial charge in [0.2, 0.25) is 0 Å². The molecule has 0 aliphatic rings. The molecule has 0 amide bonds. The van der Waals surface area contributed by atoms with Crippen molar-refractivity contribution in [1.82, 2.24) is 9.78 Å². The van der Waals surface area contributed by atoms with Crippen LogP contribution in [0.15, 0.2) is 72.8 Å². The Hall–Kier alpha value is -3.13. The maximum Gasteiger partial charge on any atom is 0.0932 e. The smallest absolute Gasteiger partial charge is 0.0932 e. The van der Waals surface area contributed by atoms with E-state index >= 15 is 0 Å². The van der Waals surface area contributed by atoms with Crippen molar-refractivity contribution in [2.75, 3.05) is 0 Å². The highest BCUT2D eigenvalue weighted by Gasteiger charge is 2.15. The minimum atomic E-state index is 1.02. The Labute approximate surface area is 161 Å². The lowest BCUT2D eigenvalue weighted by atomic mass is 9.93. The Morgan fingerprint density at radius 3 is 1.96 bits per heavy atom. The minimum Gasteiger partial charge on any atom is -0.267 e. The fourth-order valence-corrected chi connectivity index (χ4v) is 3.86. The molecule has 0 bridgehead atoms. The maximum atomic E-state index is 4.80. The molecule has 4 rings (SSSR count). The quantitative estimate of drug-likeness (QED) is 0.420. The third-order valence-electron chi connectivity index (χ3n) is 5.20. The molecular formula is C25H24N2. The molecule has 0 aliphatic heterocycles. The van der Waals surface area contributed by atoms with Crippen LogP contribution in [0.5, 0.6) is 0 Å². The van der Waals surface area contributed by atoms with Gasteiger partial charge in [-0.3, -0.25) is 4.68 Å². The lowest BCUT2D eigenvalue weighted by Crippen LogP contribution is -1.98. The normalized spacial score (nSPS) is 11.0. The van der Waals surface area contributed by atoms with Gasteiger partial charge >= 0.3 is 0 Å². The predicted octanol–water partition coefficient (Wildman–Crippen LogP) is 6.35.